The molecule has 9 heteroatoms. The highest BCUT2D eigenvalue weighted by Crippen LogP contribution is 2.37. The van der Waals surface area contributed by atoms with E-state index < -0.39 is 6.04 Å². The predicted octanol–water partition coefficient (Wildman–Crippen LogP) is 4.65. The van der Waals surface area contributed by atoms with Gasteiger partial charge in [-0.25, -0.2) is 4.99 Å². The topological polar surface area (TPSA) is 81.9 Å². The van der Waals surface area contributed by atoms with Crippen LogP contribution in [0.25, 0.3) is 6.08 Å². The summed E-state index contributed by atoms with van der Waals surface area (Å²) in [6, 6.07) is 21.5. The van der Waals surface area contributed by atoms with Gasteiger partial charge in [-0.3, -0.25) is 14.2 Å². The molecule has 2 heterocycles. The number of carbonyl (C=O) groups excluding carboxylic acids is 1. The quantitative estimate of drug-likeness (QED) is 0.355. The minimum absolute atomic E-state index is 0.239. The second-order valence-corrected chi connectivity index (χ2v) is 10.5. The lowest BCUT2D eigenvalue weighted by molar-refractivity contribution is -0.113. The zero-order chi connectivity index (χ0) is 26.8. The zero-order valence-electron chi connectivity index (χ0n) is 20.9. The molecule has 4 aromatic rings. The van der Waals surface area contributed by atoms with Gasteiger partial charge in [0.2, 0.25) is 0 Å². The molecule has 1 aromatic heterocycles. The molecule has 7 nitrogen and oxygen atoms in total. The van der Waals surface area contributed by atoms with Gasteiger partial charge in [0, 0.05) is 21.8 Å². The van der Waals surface area contributed by atoms with Crippen LogP contribution >= 0.6 is 27.3 Å². The van der Waals surface area contributed by atoms with E-state index in [-0.39, 0.29) is 11.5 Å². The highest BCUT2D eigenvalue weighted by Gasteiger charge is 2.34. The number of aromatic nitrogens is 1. The summed E-state index contributed by atoms with van der Waals surface area (Å²) in [5.41, 5.74) is 2.83. The van der Waals surface area contributed by atoms with Crippen molar-refractivity contribution in [2.75, 3.05) is 19.5 Å². The van der Waals surface area contributed by atoms with E-state index in [1.165, 1.54) is 11.3 Å². The Bertz CT molecular complexity index is 1720. The van der Waals surface area contributed by atoms with Gasteiger partial charge in [0.15, 0.2) is 4.80 Å². The average Bonchev–Trinajstić information content (AvgIpc) is 3.23. The predicted molar refractivity (Wildman–Crippen MR) is 153 cm³/mol. The Morgan fingerprint density at radius 3 is 2.47 bits per heavy atom. The van der Waals surface area contributed by atoms with E-state index in [9.17, 15) is 9.59 Å². The number of ether oxygens (including phenoxy) is 2. The van der Waals surface area contributed by atoms with E-state index in [4.69, 9.17) is 14.5 Å². The second kappa shape index (κ2) is 10.8. The monoisotopic (exact) mass is 589 g/mol. The Labute approximate surface area is 231 Å². The molecule has 3 aromatic carbocycles. The second-order valence-electron chi connectivity index (χ2n) is 8.56. The molecule has 1 atom stereocenters. The third kappa shape index (κ3) is 4.94. The lowest BCUT2D eigenvalue weighted by Gasteiger charge is -2.26. The van der Waals surface area contributed by atoms with E-state index in [1.54, 1.807) is 37.8 Å². The van der Waals surface area contributed by atoms with Crippen molar-refractivity contribution in [2.45, 2.75) is 13.0 Å². The van der Waals surface area contributed by atoms with Crippen LogP contribution < -0.4 is 29.7 Å². The summed E-state index contributed by atoms with van der Waals surface area (Å²) < 4.78 is 14.1. The number of fused-ring (bicyclic) bond motifs is 1. The van der Waals surface area contributed by atoms with Gasteiger partial charge in [0.25, 0.3) is 11.5 Å². The molecule has 1 amide bonds. The fraction of sp³-hybridized carbons (Fsp3) is 0.138. The van der Waals surface area contributed by atoms with Crippen molar-refractivity contribution in [1.82, 2.24) is 4.57 Å². The van der Waals surface area contributed by atoms with Gasteiger partial charge in [0.05, 0.1) is 30.0 Å². The molecule has 0 saturated carbocycles. The number of rotatable bonds is 6. The summed E-state index contributed by atoms with van der Waals surface area (Å²) in [5.74, 6) is 0.753. The van der Waals surface area contributed by atoms with Crippen LogP contribution in [-0.4, -0.2) is 24.7 Å². The summed E-state index contributed by atoms with van der Waals surface area (Å²) >= 11 is 4.73. The maximum atomic E-state index is 13.9. The number of thiazole rings is 1. The molecule has 1 aliphatic rings. The number of amides is 1. The fourth-order valence-corrected chi connectivity index (χ4v) is 5.69. The number of anilines is 1. The molecule has 0 radical (unpaired) electrons. The number of benzene rings is 3. The van der Waals surface area contributed by atoms with Gasteiger partial charge >= 0.3 is 0 Å². The van der Waals surface area contributed by atoms with Crippen molar-refractivity contribution >= 4 is 44.9 Å². The molecule has 38 heavy (non-hydrogen) atoms. The number of nitrogens with zero attached hydrogens (tertiary/aromatic N) is 2. The normalized spacial score (nSPS) is 15.1. The number of hydrogen-bond donors (Lipinski definition) is 1. The molecule has 192 valence electrons. The molecular formula is C29H24BrN3O4S. The van der Waals surface area contributed by atoms with Crippen molar-refractivity contribution in [3.8, 4) is 11.5 Å². The minimum Gasteiger partial charge on any atom is -0.497 e. The summed E-state index contributed by atoms with van der Waals surface area (Å²) in [7, 11) is 3.12. The highest BCUT2D eigenvalue weighted by molar-refractivity contribution is 9.10. The van der Waals surface area contributed by atoms with E-state index in [0.29, 0.717) is 43.4 Å². The van der Waals surface area contributed by atoms with Gasteiger partial charge in [-0.2, -0.15) is 0 Å². The zero-order valence-corrected chi connectivity index (χ0v) is 23.3. The first-order valence-electron chi connectivity index (χ1n) is 11.8. The minimum atomic E-state index is -0.761. The first-order chi connectivity index (χ1) is 18.4. The third-order valence-electron chi connectivity index (χ3n) is 6.20. The summed E-state index contributed by atoms with van der Waals surface area (Å²) in [5, 5.41) is 2.96. The van der Waals surface area contributed by atoms with Crippen LogP contribution in [-0.2, 0) is 4.79 Å². The van der Waals surface area contributed by atoms with Crippen molar-refractivity contribution < 1.29 is 14.3 Å². The first-order valence-corrected chi connectivity index (χ1v) is 13.4. The van der Waals surface area contributed by atoms with E-state index in [2.05, 4.69) is 21.2 Å². The van der Waals surface area contributed by atoms with Crippen LogP contribution in [0.2, 0.25) is 0 Å². The Morgan fingerprint density at radius 1 is 1.05 bits per heavy atom. The molecular weight excluding hydrogens is 566 g/mol. The van der Waals surface area contributed by atoms with Crippen molar-refractivity contribution in [2.24, 2.45) is 4.99 Å². The van der Waals surface area contributed by atoms with Gasteiger partial charge in [-0.1, -0.05) is 57.6 Å². The molecule has 0 unspecified atom stereocenters. The Morgan fingerprint density at radius 2 is 1.79 bits per heavy atom. The molecule has 0 bridgehead atoms. The molecule has 0 saturated heterocycles. The first kappa shape index (κ1) is 25.7. The maximum absolute atomic E-state index is 13.9. The van der Waals surface area contributed by atoms with Crippen molar-refractivity contribution in [3.63, 3.8) is 0 Å². The Hall–Kier alpha value is -3.95. The van der Waals surface area contributed by atoms with Gasteiger partial charge < -0.3 is 14.8 Å². The third-order valence-corrected chi connectivity index (χ3v) is 7.71. The van der Waals surface area contributed by atoms with Gasteiger partial charge in [0.1, 0.15) is 17.5 Å². The molecule has 0 spiro atoms. The molecule has 0 fully saturated rings. The lowest BCUT2D eigenvalue weighted by atomic mass is 9.94. The number of methoxy groups -OCH3 is 2. The Balaban J connectivity index is 1.72. The number of hydrogen-bond acceptors (Lipinski definition) is 6. The molecule has 1 N–H and O–H groups in total. The number of allylic oxidation sites excluding steroid dienone is 1. The van der Waals surface area contributed by atoms with Crippen molar-refractivity contribution in [1.29, 1.82) is 0 Å². The van der Waals surface area contributed by atoms with Crippen LogP contribution in [0, 0.1) is 0 Å². The van der Waals surface area contributed by atoms with Crippen LogP contribution in [0.3, 0.4) is 0 Å². The SMILES string of the molecule is COc1ccc([C@@H]2C(C(=O)Nc3ccccc3)=C(C)N=c3s/c(=C\c4ccc(Br)cc4)c(=O)n32)c(OC)c1. The number of carbonyl (C=O) groups is 1. The summed E-state index contributed by atoms with van der Waals surface area (Å²) in [6.07, 6.45) is 1.83. The van der Waals surface area contributed by atoms with Crippen LogP contribution in [0.4, 0.5) is 5.69 Å². The standard InChI is InChI=1S/C29H24BrN3O4S/c1-17-25(27(34)32-20-7-5-4-6-8-20)26(22-14-13-21(36-2)16-23(22)37-3)33-28(35)24(38-29(33)31-17)15-18-9-11-19(30)12-10-18/h4-16,26H,1-3H3,(H,32,34)/b24-15-/t26-/m1/s1. The Kier molecular flexibility index (Phi) is 7.31. The number of nitrogens with one attached hydrogen (secondary N) is 1. The van der Waals surface area contributed by atoms with Gasteiger partial charge in [-0.05, 0) is 55.0 Å². The molecule has 5 rings (SSSR count). The van der Waals surface area contributed by atoms with E-state index in [1.807, 2.05) is 66.7 Å². The van der Waals surface area contributed by atoms with Crippen LogP contribution in [0.15, 0.2) is 98.3 Å². The number of para-hydroxylation sites is 1. The number of halogens is 1. The molecule has 0 aliphatic carbocycles. The highest BCUT2D eigenvalue weighted by atomic mass is 79.9. The van der Waals surface area contributed by atoms with Gasteiger partial charge in [-0.15, -0.1) is 0 Å². The maximum Gasteiger partial charge on any atom is 0.271 e. The lowest BCUT2D eigenvalue weighted by Crippen LogP contribution is -2.40. The molecule has 1 aliphatic heterocycles. The smallest absolute Gasteiger partial charge is 0.271 e. The van der Waals surface area contributed by atoms with Crippen LogP contribution in [0.5, 0.6) is 11.5 Å². The van der Waals surface area contributed by atoms with Crippen LogP contribution in [0.1, 0.15) is 24.1 Å². The van der Waals surface area contributed by atoms with Crippen molar-refractivity contribution in [3.05, 3.63) is 119 Å². The average molecular weight is 590 g/mol. The van der Waals surface area contributed by atoms with E-state index in [0.717, 1.165) is 10.0 Å². The fourth-order valence-electron chi connectivity index (χ4n) is 4.38. The largest absolute Gasteiger partial charge is 0.497 e. The summed E-state index contributed by atoms with van der Waals surface area (Å²) in [4.78, 5) is 32.8. The summed E-state index contributed by atoms with van der Waals surface area (Å²) in [6.45, 7) is 1.79. The van der Waals surface area contributed by atoms with E-state index >= 15 is 0 Å².